The van der Waals surface area contributed by atoms with E-state index in [9.17, 15) is 4.79 Å². The van der Waals surface area contributed by atoms with Crippen molar-refractivity contribution in [2.75, 3.05) is 5.73 Å². The highest BCUT2D eigenvalue weighted by molar-refractivity contribution is 5.95. The van der Waals surface area contributed by atoms with Gasteiger partial charge in [-0.05, 0) is 43.4 Å². The third-order valence-corrected chi connectivity index (χ3v) is 4.22. The van der Waals surface area contributed by atoms with Crippen molar-refractivity contribution in [1.82, 2.24) is 5.32 Å². The minimum atomic E-state index is 0.00505. The molecule has 0 heterocycles. The van der Waals surface area contributed by atoms with Crippen LogP contribution in [0.2, 0.25) is 0 Å². The molecule has 1 saturated carbocycles. The van der Waals surface area contributed by atoms with Crippen molar-refractivity contribution in [1.29, 1.82) is 0 Å². The number of nitrogens with two attached hydrogens (primary N) is 1. The second-order valence-electron chi connectivity index (χ2n) is 5.77. The van der Waals surface area contributed by atoms with Crippen LogP contribution in [0.25, 0.3) is 0 Å². The van der Waals surface area contributed by atoms with Crippen molar-refractivity contribution in [2.24, 2.45) is 5.92 Å². The molecule has 0 bridgehead atoms. The highest BCUT2D eigenvalue weighted by atomic mass is 16.1. The Hall–Kier alpha value is -1.51. The van der Waals surface area contributed by atoms with E-state index in [4.69, 9.17) is 5.73 Å². The van der Waals surface area contributed by atoms with E-state index in [-0.39, 0.29) is 5.91 Å². The minimum absolute atomic E-state index is 0.00505. The third kappa shape index (κ3) is 3.49. The van der Waals surface area contributed by atoms with E-state index in [0.29, 0.717) is 23.2 Å². The molecule has 0 aliphatic heterocycles. The topological polar surface area (TPSA) is 55.1 Å². The normalized spacial score (nSPS) is 23.7. The van der Waals surface area contributed by atoms with Crippen molar-refractivity contribution in [3.8, 4) is 0 Å². The number of carbonyl (C=O) groups excluding carboxylic acids is 1. The Labute approximate surface area is 115 Å². The van der Waals surface area contributed by atoms with Crippen LogP contribution in [-0.2, 0) is 0 Å². The summed E-state index contributed by atoms with van der Waals surface area (Å²) in [6, 6.07) is 5.83. The van der Waals surface area contributed by atoms with Gasteiger partial charge < -0.3 is 11.1 Å². The van der Waals surface area contributed by atoms with Crippen molar-refractivity contribution in [3.63, 3.8) is 0 Å². The largest absolute Gasteiger partial charge is 0.398 e. The summed E-state index contributed by atoms with van der Waals surface area (Å²) in [5.41, 5.74) is 8.23. The molecule has 3 N–H and O–H groups in total. The Morgan fingerprint density at radius 3 is 2.74 bits per heavy atom. The van der Waals surface area contributed by atoms with Gasteiger partial charge in [0, 0.05) is 17.3 Å². The maximum absolute atomic E-state index is 12.3. The third-order valence-electron chi connectivity index (χ3n) is 4.22. The molecule has 0 radical (unpaired) electrons. The highest BCUT2D eigenvalue weighted by Crippen LogP contribution is 2.23. The average Bonchev–Trinajstić information content (AvgIpc) is 2.58. The smallest absolute Gasteiger partial charge is 0.251 e. The van der Waals surface area contributed by atoms with Gasteiger partial charge in [0.15, 0.2) is 0 Å². The Bertz CT molecular complexity index is 456. The first kappa shape index (κ1) is 13.9. The lowest BCUT2D eigenvalue weighted by atomic mass is 9.96. The summed E-state index contributed by atoms with van der Waals surface area (Å²) in [6.07, 6.45) is 6.08. The van der Waals surface area contributed by atoms with Crippen LogP contribution >= 0.6 is 0 Å². The molecular formula is C16H24N2O. The number of hydrogen-bond donors (Lipinski definition) is 2. The monoisotopic (exact) mass is 260 g/mol. The fourth-order valence-electron chi connectivity index (χ4n) is 2.74. The molecule has 1 aliphatic carbocycles. The number of hydrogen-bond acceptors (Lipinski definition) is 2. The van der Waals surface area contributed by atoms with Gasteiger partial charge in [-0.1, -0.05) is 32.3 Å². The van der Waals surface area contributed by atoms with Crippen molar-refractivity contribution in [3.05, 3.63) is 29.3 Å². The van der Waals surface area contributed by atoms with Gasteiger partial charge in [-0.2, -0.15) is 0 Å². The van der Waals surface area contributed by atoms with Crippen LogP contribution in [0.3, 0.4) is 0 Å². The molecule has 104 valence electrons. The number of benzene rings is 1. The van der Waals surface area contributed by atoms with Crippen molar-refractivity contribution < 1.29 is 4.79 Å². The van der Waals surface area contributed by atoms with Crippen molar-refractivity contribution in [2.45, 2.75) is 52.0 Å². The SMILES string of the molecule is Cc1ccc(C(=O)NC2CCCCCC2C)cc1N. The fourth-order valence-corrected chi connectivity index (χ4v) is 2.74. The van der Waals surface area contributed by atoms with Crippen LogP contribution in [0.15, 0.2) is 18.2 Å². The second-order valence-corrected chi connectivity index (χ2v) is 5.77. The molecule has 2 atom stereocenters. The van der Waals surface area contributed by atoms with Gasteiger partial charge in [0.2, 0.25) is 0 Å². The Morgan fingerprint density at radius 1 is 1.26 bits per heavy atom. The van der Waals surface area contributed by atoms with E-state index >= 15 is 0 Å². The Kier molecular flexibility index (Phi) is 4.46. The summed E-state index contributed by atoms with van der Waals surface area (Å²) in [4.78, 5) is 12.3. The maximum Gasteiger partial charge on any atom is 0.251 e. The summed E-state index contributed by atoms with van der Waals surface area (Å²) in [7, 11) is 0. The first-order chi connectivity index (χ1) is 9.08. The number of aryl methyl sites for hydroxylation is 1. The van der Waals surface area contributed by atoms with E-state index in [1.807, 2.05) is 19.1 Å². The number of carbonyl (C=O) groups is 1. The summed E-state index contributed by atoms with van der Waals surface area (Å²) < 4.78 is 0. The first-order valence-electron chi connectivity index (χ1n) is 7.25. The molecule has 3 heteroatoms. The molecule has 3 nitrogen and oxygen atoms in total. The van der Waals surface area contributed by atoms with E-state index in [0.717, 1.165) is 12.0 Å². The van der Waals surface area contributed by atoms with Crippen LogP contribution in [0.1, 0.15) is 54.9 Å². The van der Waals surface area contributed by atoms with E-state index in [1.165, 1.54) is 25.7 Å². The van der Waals surface area contributed by atoms with E-state index in [1.54, 1.807) is 6.07 Å². The summed E-state index contributed by atoms with van der Waals surface area (Å²) in [6.45, 7) is 4.18. The van der Waals surface area contributed by atoms with Crippen LogP contribution in [-0.4, -0.2) is 11.9 Å². The summed E-state index contributed by atoms with van der Waals surface area (Å²) in [5.74, 6) is 0.569. The van der Waals surface area contributed by atoms with Gasteiger partial charge in [0.05, 0.1) is 0 Å². The lowest BCUT2D eigenvalue weighted by molar-refractivity contribution is 0.0921. The zero-order valence-electron chi connectivity index (χ0n) is 11.9. The predicted octanol–water partition coefficient (Wildman–Crippen LogP) is 3.28. The van der Waals surface area contributed by atoms with Gasteiger partial charge >= 0.3 is 0 Å². The quantitative estimate of drug-likeness (QED) is 0.633. The van der Waals surface area contributed by atoms with Crippen LogP contribution in [0.4, 0.5) is 5.69 Å². The molecular weight excluding hydrogens is 236 g/mol. The number of amides is 1. The van der Waals surface area contributed by atoms with E-state index < -0.39 is 0 Å². The maximum atomic E-state index is 12.3. The highest BCUT2D eigenvalue weighted by Gasteiger charge is 2.22. The second kappa shape index (κ2) is 6.09. The van der Waals surface area contributed by atoms with Crippen molar-refractivity contribution >= 4 is 11.6 Å². The molecule has 1 aromatic rings. The molecule has 1 fully saturated rings. The Balaban J connectivity index is 2.05. The number of nitrogens with one attached hydrogen (secondary N) is 1. The number of nitrogen functional groups attached to an aromatic ring is 1. The number of anilines is 1. The van der Waals surface area contributed by atoms with Crippen LogP contribution in [0.5, 0.6) is 0 Å². The molecule has 2 rings (SSSR count). The molecule has 19 heavy (non-hydrogen) atoms. The molecule has 2 unspecified atom stereocenters. The molecule has 0 aromatic heterocycles. The Morgan fingerprint density at radius 2 is 2.00 bits per heavy atom. The molecule has 1 aromatic carbocycles. The van der Waals surface area contributed by atoms with E-state index in [2.05, 4.69) is 12.2 Å². The molecule has 1 aliphatic rings. The zero-order valence-corrected chi connectivity index (χ0v) is 11.9. The first-order valence-corrected chi connectivity index (χ1v) is 7.25. The van der Waals surface area contributed by atoms with Gasteiger partial charge in [-0.25, -0.2) is 0 Å². The summed E-state index contributed by atoms with van der Waals surface area (Å²) in [5, 5.41) is 3.18. The predicted molar refractivity (Wildman–Crippen MR) is 79.1 cm³/mol. The zero-order chi connectivity index (χ0) is 13.8. The minimum Gasteiger partial charge on any atom is -0.398 e. The van der Waals surface area contributed by atoms with Gasteiger partial charge in [0.25, 0.3) is 5.91 Å². The molecule has 1 amide bonds. The van der Waals surface area contributed by atoms with Gasteiger partial charge in [-0.15, -0.1) is 0 Å². The van der Waals surface area contributed by atoms with Crippen LogP contribution in [0, 0.1) is 12.8 Å². The average molecular weight is 260 g/mol. The summed E-state index contributed by atoms with van der Waals surface area (Å²) >= 11 is 0. The van der Waals surface area contributed by atoms with Crippen LogP contribution < -0.4 is 11.1 Å². The van der Waals surface area contributed by atoms with Gasteiger partial charge in [-0.3, -0.25) is 4.79 Å². The number of rotatable bonds is 2. The lowest BCUT2D eigenvalue weighted by Crippen LogP contribution is -2.38. The lowest BCUT2D eigenvalue weighted by Gasteiger charge is -2.23. The fraction of sp³-hybridized carbons (Fsp3) is 0.562. The molecule has 0 saturated heterocycles. The standard InChI is InChI=1S/C16H24N2O/c1-11-8-9-13(10-14(11)17)16(19)18-15-7-5-3-4-6-12(15)2/h8-10,12,15H,3-7,17H2,1-2H3,(H,18,19). The van der Waals surface area contributed by atoms with Gasteiger partial charge in [0.1, 0.15) is 0 Å². The molecule has 0 spiro atoms.